The van der Waals surface area contributed by atoms with Gasteiger partial charge in [0, 0.05) is 24.8 Å². The standard InChI is InChI=1S/C32H43N3O5/c1-6-12-22(4)33-17-11-16-32-26(29(38)35(27(32)30(33)39)24(20-36)19-21(2)3)25-28(37)34(23-13-8-7-9-14-23)18-10-15-31(25,5)40-32/h7-11,13-16,21-22,24-27,36H,6,12,17-20H2,1-5H3/t22?,24-,25+,26+,27?,31-,32+/m1/s1. The molecule has 0 aliphatic carbocycles. The van der Waals surface area contributed by atoms with E-state index in [0.717, 1.165) is 18.5 Å². The van der Waals surface area contributed by atoms with Crippen LogP contribution in [0.25, 0.3) is 0 Å². The molecule has 0 saturated carbocycles. The van der Waals surface area contributed by atoms with E-state index in [1.165, 1.54) is 0 Å². The largest absolute Gasteiger partial charge is 0.394 e. The summed E-state index contributed by atoms with van der Waals surface area (Å²) >= 11 is 0. The van der Waals surface area contributed by atoms with Crippen LogP contribution in [0, 0.1) is 17.8 Å². The Hall–Kier alpha value is -2.97. The first kappa shape index (κ1) is 28.6. The molecule has 1 aromatic carbocycles. The maximum Gasteiger partial charge on any atom is 0.249 e. The summed E-state index contributed by atoms with van der Waals surface area (Å²) in [6.45, 7) is 10.6. The molecule has 8 nitrogen and oxygen atoms in total. The fourth-order valence-corrected chi connectivity index (χ4v) is 7.50. The van der Waals surface area contributed by atoms with Gasteiger partial charge in [-0.1, -0.05) is 69.7 Å². The number of anilines is 1. The second kappa shape index (κ2) is 10.8. The lowest BCUT2D eigenvalue weighted by Gasteiger charge is -2.41. The first-order valence-corrected chi connectivity index (χ1v) is 14.7. The summed E-state index contributed by atoms with van der Waals surface area (Å²) in [6, 6.07) is 7.90. The Morgan fingerprint density at radius 2 is 1.68 bits per heavy atom. The Bertz CT molecular complexity index is 1200. The lowest BCUT2D eigenvalue weighted by atomic mass is 9.74. The van der Waals surface area contributed by atoms with Crippen molar-refractivity contribution in [2.75, 3.05) is 24.6 Å². The third kappa shape index (κ3) is 4.40. The van der Waals surface area contributed by atoms with Crippen LogP contribution >= 0.6 is 0 Å². The van der Waals surface area contributed by atoms with Gasteiger partial charge in [-0.05, 0) is 44.7 Å². The first-order chi connectivity index (χ1) is 19.1. The molecule has 0 radical (unpaired) electrons. The predicted octanol–water partition coefficient (Wildman–Crippen LogP) is 3.55. The summed E-state index contributed by atoms with van der Waals surface area (Å²) in [4.78, 5) is 48.7. The number of aliphatic hydroxyl groups is 1. The SMILES string of the molecule is CCCC(C)N1CC=C[C@]23O[C@]4(C)C=CCN(c5ccccc5)C(=O)[C@@H]4[C@H]2C(=O)N([C@@H](CO)CC(C)C)C3C1=O. The van der Waals surface area contributed by atoms with Gasteiger partial charge in [0.2, 0.25) is 17.7 Å². The van der Waals surface area contributed by atoms with E-state index in [0.29, 0.717) is 19.5 Å². The highest BCUT2D eigenvalue weighted by Gasteiger charge is 2.75. The van der Waals surface area contributed by atoms with E-state index in [1.807, 2.05) is 87.2 Å². The first-order valence-electron chi connectivity index (χ1n) is 14.7. The zero-order chi connectivity index (χ0) is 28.8. The number of amides is 3. The van der Waals surface area contributed by atoms with Crippen molar-refractivity contribution in [3.8, 4) is 0 Å². The fraction of sp³-hybridized carbons (Fsp3) is 0.594. The van der Waals surface area contributed by atoms with Gasteiger partial charge in [-0.2, -0.15) is 0 Å². The van der Waals surface area contributed by atoms with Crippen LogP contribution in [0.5, 0.6) is 0 Å². The number of para-hydroxylation sites is 1. The highest BCUT2D eigenvalue weighted by atomic mass is 16.5. The minimum atomic E-state index is -1.32. The second-order valence-electron chi connectivity index (χ2n) is 12.4. The molecule has 4 aliphatic heterocycles. The zero-order valence-corrected chi connectivity index (χ0v) is 24.3. The van der Waals surface area contributed by atoms with Crippen molar-refractivity contribution in [1.29, 1.82) is 0 Å². The number of rotatable bonds is 8. The fourth-order valence-electron chi connectivity index (χ4n) is 7.50. The molecule has 2 saturated heterocycles. The molecule has 4 aliphatic rings. The maximum atomic E-state index is 14.6. The molecule has 1 spiro atoms. The molecular weight excluding hydrogens is 506 g/mol. The highest BCUT2D eigenvalue weighted by molar-refractivity contribution is 6.04. The molecule has 0 bridgehead atoms. The molecule has 2 unspecified atom stereocenters. The van der Waals surface area contributed by atoms with Crippen LogP contribution in [0.2, 0.25) is 0 Å². The van der Waals surface area contributed by atoms with Crippen molar-refractivity contribution >= 4 is 23.4 Å². The zero-order valence-electron chi connectivity index (χ0n) is 24.3. The summed E-state index contributed by atoms with van der Waals surface area (Å²) in [5.41, 5.74) is -1.65. The van der Waals surface area contributed by atoms with Crippen LogP contribution < -0.4 is 4.90 Å². The number of carbonyl (C=O) groups is 3. The molecule has 1 aromatic rings. The normalized spacial score (nSPS) is 33.1. The Kier molecular flexibility index (Phi) is 7.70. The molecule has 5 rings (SSSR count). The molecule has 216 valence electrons. The molecule has 7 atom stereocenters. The second-order valence-corrected chi connectivity index (χ2v) is 12.4. The topological polar surface area (TPSA) is 90.4 Å². The van der Waals surface area contributed by atoms with Crippen molar-refractivity contribution in [2.24, 2.45) is 17.8 Å². The number of ether oxygens (including phenoxy) is 1. The molecule has 40 heavy (non-hydrogen) atoms. The number of hydrogen-bond donors (Lipinski definition) is 1. The van der Waals surface area contributed by atoms with E-state index in [-0.39, 0.29) is 36.3 Å². The minimum Gasteiger partial charge on any atom is -0.394 e. The van der Waals surface area contributed by atoms with Gasteiger partial charge in [-0.3, -0.25) is 14.4 Å². The van der Waals surface area contributed by atoms with E-state index >= 15 is 0 Å². The molecule has 1 N–H and O–H groups in total. The van der Waals surface area contributed by atoms with Crippen molar-refractivity contribution in [3.63, 3.8) is 0 Å². The van der Waals surface area contributed by atoms with Crippen LogP contribution in [-0.2, 0) is 19.1 Å². The summed E-state index contributed by atoms with van der Waals surface area (Å²) in [6.07, 6.45) is 9.94. The number of likely N-dealkylation sites (tertiary alicyclic amines) is 1. The molecule has 0 aromatic heterocycles. The van der Waals surface area contributed by atoms with E-state index in [2.05, 4.69) is 6.92 Å². The molecular formula is C32H43N3O5. The van der Waals surface area contributed by atoms with Crippen LogP contribution in [-0.4, -0.2) is 81.7 Å². The summed E-state index contributed by atoms with van der Waals surface area (Å²) < 4.78 is 6.93. The maximum absolute atomic E-state index is 14.6. The Balaban J connectivity index is 1.65. The number of carbonyl (C=O) groups excluding carboxylic acids is 3. The van der Waals surface area contributed by atoms with Gasteiger partial charge in [-0.25, -0.2) is 0 Å². The van der Waals surface area contributed by atoms with Crippen LogP contribution in [0.3, 0.4) is 0 Å². The summed E-state index contributed by atoms with van der Waals surface area (Å²) in [5.74, 6) is -2.21. The van der Waals surface area contributed by atoms with Gasteiger partial charge < -0.3 is 24.5 Å². The quantitative estimate of drug-likeness (QED) is 0.501. The lowest BCUT2D eigenvalue weighted by Crippen LogP contribution is -2.59. The third-order valence-electron chi connectivity index (χ3n) is 9.18. The lowest BCUT2D eigenvalue weighted by molar-refractivity contribution is -0.155. The van der Waals surface area contributed by atoms with E-state index in [9.17, 15) is 19.5 Å². The van der Waals surface area contributed by atoms with Gasteiger partial charge >= 0.3 is 0 Å². The average Bonchev–Trinajstić information content (AvgIpc) is 3.19. The molecule has 3 amide bonds. The van der Waals surface area contributed by atoms with Crippen molar-refractivity contribution in [1.82, 2.24) is 9.80 Å². The van der Waals surface area contributed by atoms with Gasteiger partial charge in [0.05, 0.1) is 30.1 Å². The van der Waals surface area contributed by atoms with Crippen LogP contribution in [0.4, 0.5) is 5.69 Å². The number of hydrogen-bond acceptors (Lipinski definition) is 5. The van der Waals surface area contributed by atoms with E-state index in [1.54, 1.807) is 9.80 Å². The van der Waals surface area contributed by atoms with E-state index in [4.69, 9.17) is 4.74 Å². The van der Waals surface area contributed by atoms with Crippen molar-refractivity contribution in [2.45, 2.75) is 83.2 Å². The van der Waals surface area contributed by atoms with E-state index < -0.39 is 35.1 Å². The number of nitrogens with zero attached hydrogens (tertiary/aromatic N) is 3. The monoisotopic (exact) mass is 549 g/mol. The Morgan fingerprint density at radius 3 is 2.33 bits per heavy atom. The van der Waals surface area contributed by atoms with Gasteiger partial charge in [0.15, 0.2) is 0 Å². The van der Waals surface area contributed by atoms with Gasteiger partial charge in [0.1, 0.15) is 11.6 Å². The number of benzene rings is 1. The number of fused-ring (bicyclic) bond motifs is 2. The smallest absolute Gasteiger partial charge is 0.249 e. The third-order valence-corrected chi connectivity index (χ3v) is 9.18. The van der Waals surface area contributed by atoms with Gasteiger partial charge in [0.25, 0.3) is 0 Å². The highest BCUT2D eigenvalue weighted by Crippen LogP contribution is 2.58. The van der Waals surface area contributed by atoms with Crippen molar-refractivity contribution in [3.05, 3.63) is 54.6 Å². The Labute approximate surface area is 237 Å². The Morgan fingerprint density at radius 1 is 0.975 bits per heavy atom. The molecule has 4 heterocycles. The predicted molar refractivity (Wildman–Crippen MR) is 153 cm³/mol. The molecule has 2 fully saturated rings. The summed E-state index contributed by atoms with van der Waals surface area (Å²) in [5, 5.41) is 10.5. The minimum absolute atomic E-state index is 0.0245. The summed E-state index contributed by atoms with van der Waals surface area (Å²) in [7, 11) is 0. The number of aliphatic hydroxyl groups excluding tert-OH is 1. The molecule has 8 heteroatoms. The van der Waals surface area contributed by atoms with Gasteiger partial charge in [-0.15, -0.1) is 0 Å². The van der Waals surface area contributed by atoms with Crippen molar-refractivity contribution < 1.29 is 24.2 Å². The van der Waals surface area contributed by atoms with Crippen LogP contribution in [0.15, 0.2) is 54.6 Å². The van der Waals surface area contributed by atoms with Crippen LogP contribution in [0.1, 0.15) is 53.9 Å². The average molecular weight is 550 g/mol.